The van der Waals surface area contributed by atoms with Gasteiger partial charge < -0.3 is 15.1 Å². The lowest BCUT2D eigenvalue weighted by Crippen LogP contribution is -2.48. The Hall–Kier alpha value is -2.89. The molecule has 1 aliphatic rings. The number of pyridine rings is 1. The number of carbonyl (C=O) groups excluding carboxylic acids is 2. The quantitative estimate of drug-likeness (QED) is 0.783. The molecule has 0 radical (unpaired) electrons. The van der Waals surface area contributed by atoms with Crippen LogP contribution in [0.1, 0.15) is 46.0 Å². The second-order valence-corrected chi connectivity index (χ2v) is 7.19. The first kappa shape index (κ1) is 19.9. The summed E-state index contributed by atoms with van der Waals surface area (Å²) in [4.78, 5) is 33.3. The Morgan fingerprint density at radius 3 is 2.54 bits per heavy atom. The van der Waals surface area contributed by atoms with Gasteiger partial charge in [-0.1, -0.05) is 25.5 Å². The summed E-state index contributed by atoms with van der Waals surface area (Å²) >= 11 is 0. The normalized spacial score (nSPS) is 14.1. The molecule has 1 aromatic carbocycles. The van der Waals surface area contributed by atoms with Crippen molar-refractivity contribution in [1.29, 1.82) is 0 Å². The SMILES string of the molecule is CCCCNC(=O)c1cncc(C(=O)N2CCN(c3cccc(C)c3)CC2)c1. The molecule has 0 bridgehead atoms. The van der Waals surface area contributed by atoms with E-state index in [1.54, 1.807) is 6.07 Å². The smallest absolute Gasteiger partial charge is 0.255 e. The fourth-order valence-electron chi connectivity index (χ4n) is 3.34. The molecule has 0 spiro atoms. The Morgan fingerprint density at radius 1 is 1.07 bits per heavy atom. The molecule has 3 rings (SSSR count). The molecule has 1 aromatic heterocycles. The molecule has 1 aliphatic heterocycles. The first-order valence-corrected chi connectivity index (χ1v) is 9.92. The minimum Gasteiger partial charge on any atom is -0.368 e. The average molecular weight is 380 g/mol. The van der Waals surface area contributed by atoms with Gasteiger partial charge in [0.1, 0.15) is 0 Å². The highest BCUT2D eigenvalue weighted by Gasteiger charge is 2.23. The van der Waals surface area contributed by atoms with Crippen LogP contribution < -0.4 is 10.2 Å². The molecule has 148 valence electrons. The number of anilines is 1. The van der Waals surface area contributed by atoms with Gasteiger partial charge in [0.15, 0.2) is 0 Å². The molecule has 1 saturated heterocycles. The van der Waals surface area contributed by atoms with Crippen LogP contribution in [0.2, 0.25) is 0 Å². The van der Waals surface area contributed by atoms with Crippen molar-refractivity contribution in [2.45, 2.75) is 26.7 Å². The topological polar surface area (TPSA) is 65.5 Å². The van der Waals surface area contributed by atoms with Crippen LogP contribution in [0.15, 0.2) is 42.7 Å². The van der Waals surface area contributed by atoms with Crippen LogP contribution in [0.5, 0.6) is 0 Å². The summed E-state index contributed by atoms with van der Waals surface area (Å²) < 4.78 is 0. The van der Waals surface area contributed by atoms with E-state index in [1.807, 2.05) is 4.90 Å². The average Bonchev–Trinajstić information content (AvgIpc) is 2.73. The molecular weight excluding hydrogens is 352 g/mol. The number of piperazine rings is 1. The van der Waals surface area contributed by atoms with Gasteiger partial charge in [0.25, 0.3) is 11.8 Å². The largest absolute Gasteiger partial charge is 0.368 e. The van der Waals surface area contributed by atoms with E-state index >= 15 is 0 Å². The van der Waals surface area contributed by atoms with Gasteiger partial charge in [-0.2, -0.15) is 0 Å². The van der Waals surface area contributed by atoms with Crippen LogP contribution in [0.25, 0.3) is 0 Å². The summed E-state index contributed by atoms with van der Waals surface area (Å²) in [6, 6.07) is 10.1. The Balaban J connectivity index is 1.60. The van der Waals surface area contributed by atoms with Gasteiger partial charge in [-0.15, -0.1) is 0 Å². The minimum absolute atomic E-state index is 0.0698. The fourth-order valence-corrected chi connectivity index (χ4v) is 3.34. The van der Waals surface area contributed by atoms with E-state index in [-0.39, 0.29) is 11.8 Å². The van der Waals surface area contributed by atoms with Gasteiger partial charge in [0, 0.05) is 50.8 Å². The van der Waals surface area contributed by atoms with Crippen LogP contribution in [0.3, 0.4) is 0 Å². The number of aryl methyl sites for hydroxylation is 1. The van der Waals surface area contributed by atoms with E-state index in [2.05, 4.69) is 53.3 Å². The standard InChI is InChI=1S/C22H28N4O2/c1-3-4-8-24-21(27)18-14-19(16-23-15-18)22(28)26-11-9-25(10-12-26)20-7-5-6-17(2)13-20/h5-7,13-16H,3-4,8-12H2,1-2H3,(H,24,27). The Bertz CT molecular complexity index is 829. The maximum atomic E-state index is 12.9. The zero-order chi connectivity index (χ0) is 19.9. The molecule has 6 nitrogen and oxygen atoms in total. The molecule has 2 heterocycles. The molecule has 1 fully saturated rings. The summed E-state index contributed by atoms with van der Waals surface area (Å²) in [5.41, 5.74) is 3.32. The van der Waals surface area contributed by atoms with Gasteiger partial charge in [0.2, 0.25) is 0 Å². The fraction of sp³-hybridized carbons (Fsp3) is 0.409. The molecule has 0 unspecified atom stereocenters. The maximum Gasteiger partial charge on any atom is 0.255 e. The molecule has 6 heteroatoms. The summed E-state index contributed by atoms with van der Waals surface area (Å²) in [6.07, 6.45) is 5.00. The summed E-state index contributed by atoms with van der Waals surface area (Å²) in [5, 5.41) is 2.86. The van der Waals surface area contributed by atoms with E-state index < -0.39 is 0 Å². The van der Waals surface area contributed by atoms with Crippen molar-refractivity contribution in [3.8, 4) is 0 Å². The molecule has 0 aliphatic carbocycles. The van der Waals surface area contributed by atoms with E-state index in [1.165, 1.54) is 23.6 Å². The predicted molar refractivity (Wildman–Crippen MR) is 111 cm³/mol. The van der Waals surface area contributed by atoms with Crippen molar-refractivity contribution < 1.29 is 9.59 Å². The lowest BCUT2D eigenvalue weighted by atomic mass is 10.1. The van der Waals surface area contributed by atoms with Crippen molar-refractivity contribution in [2.24, 2.45) is 0 Å². The second-order valence-electron chi connectivity index (χ2n) is 7.19. The van der Waals surface area contributed by atoms with Gasteiger partial charge >= 0.3 is 0 Å². The van der Waals surface area contributed by atoms with Crippen molar-refractivity contribution >= 4 is 17.5 Å². The van der Waals surface area contributed by atoms with E-state index in [9.17, 15) is 9.59 Å². The van der Waals surface area contributed by atoms with Crippen LogP contribution in [-0.4, -0.2) is 54.4 Å². The number of carbonyl (C=O) groups is 2. The van der Waals surface area contributed by atoms with Crippen molar-refractivity contribution in [3.05, 3.63) is 59.4 Å². The first-order valence-electron chi connectivity index (χ1n) is 9.92. The molecule has 0 atom stereocenters. The zero-order valence-corrected chi connectivity index (χ0v) is 16.6. The molecule has 0 saturated carbocycles. The monoisotopic (exact) mass is 380 g/mol. The number of amides is 2. The highest BCUT2D eigenvalue weighted by molar-refractivity contribution is 5.99. The Kier molecular flexibility index (Phi) is 6.63. The minimum atomic E-state index is -0.181. The highest BCUT2D eigenvalue weighted by atomic mass is 16.2. The highest BCUT2D eigenvalue weighted by Crippen LogP contribution is 2.18. The molecule has 1 N–H and O–H groups in total. The van der Waals surface area contributed by atoms with Gasteiger partial charge in [-0.25, -0.2) is 0 Å². The van der Waals surface area contributed by atoms with Crippen LogP contribution in [0.4, 0.5) is 5.69 Å². The predicted octanol–water partition coefficient (Wildman–Crippen LogP) is 2.88. The van der Waals surface area contributed by atoms with Crippen molar-refractivity contribution in [2.75, 3.05) is 37.6 Å². The third-order valence-electron chi connectivity index (χ3n) is 5.00. The lowest BCUT2D eigenvalue weighted by Gasteiger charge is -2.36. The Labute approximate surface area is 166 Å². The number of nitrogens with one attached hydrogen (secondary N) is 1. The van der Waals surface area contributed by atoms with Gasteiger partial charge in [0.05, 0.1) is 11.1 Å². The van der Waals surface area contributed by atoms with Gasteiger partial charge in [-0.3, -0.25) is 14.6 Å². The molecule has 2 aromatic rings. The lowest BCUT2D eigenvalue weighted by molar-refractivity contribution is 0.0746. The summed E-state index contributed by atoms with van der Waals surface area (Å²) in [6.45, 7) is 7.68. The third kappa shape index (κ3) is 4.88. The van der Waals surface area contributed by atoms with Crippen molar-refractivity contribution in [3.63, 3.8) is 0 Å². The van der Waals surface area contributed by atoms with E-state index in [0.717, 1.165) is 25.9 Å². The third-order valence-corrected chi connectivity index (χ3v) is 5.00. The number of rotatable bonds is 6. The molecule has 28 heavy (non-hydrogen) atoms. The zero-order valence-electron chi connectivity index (χ0n) is 16.6. The van der Waals surface area contributed by atoms with E-state index in [0.29, 0.717) is 30.8 Å². The van der Waals surface area contributed by atoms with E-state index in [4.69, 9.17) is 0 Å². The number of hydrogen-bond acceptors (Lipinski definition) is 4. The summed E-state index contributed by atoms with van der Waals surface area (Å²) in [7, 11) is 0. The number of benzene rings is 1. The number of nitrogens with zero attached hydrogens (tertiary/aromatic N) is 3. The van der Waals surface area contributed by atoms with Crippen molar-refractivity contribution in [1.82, 2.24) is 15.2 Å². The summed E-state index contributed by atoms with van der Waals surface area (Å²) in [5.74, 6) is -0.250. The Morgan fingerprint density at radius 2 is 1.82 bits per heavy atom. The molecular formula is C22H28N4O2. The van der Waals surface area contributed by atoms with Gasteiger partial charge in [-0.05, 0) is 37.1 Å². The maximum absolute atomic E-state index is 12.9. The second kappa shape index (κ2) is 9.35. The van der Waals surface area contributed by atoms with Crippen LogP contribution in [0, 0.1) is 6.92 Å². The molecule has 2 amide bonds. The van der Waals surface area contributed by atoms with Crippen LogP contribution in [-0.2, 0) is 0 Å². The number of unbranched alkanes of at least 4 members (excludes halogenated alkanes) is 1. The number of aromatic nitrogens is 1. The first-order chi connectivity index (χ1) is 13.6. The number of hydrogen-bond donors (Lipinski definition) is 1. The van der Waals surface area contributed by atoms with Crippen LogP contribution >= 0.6 is 0 Å².